The highest BCUT2D eigenvalue weighted by molar-refractivity contribution is 6.30. The lowest BCUT2D eigenvalue weighted by atomic mass is 9.77. The van der Waals surface area contributed by atoms with Crippen molar-refractivity contribution in [3.8, 4) is 11.3 Å². The lowest BCUT2D eigenvalue weighted by Crippen LogP contribution is -2.38. The van der Waals surface area contributed by atoms with Crippen LogP contribution in [0.5, 0.6) is 0 Å². The van der Waals surface area contributed by atoms with Gasteiger partial charge in [-0.3, -0.25) is 9.67 Å². The van der Waals surface area contributed by atoms with Gasteiger partial charge in [-0.25, -0.2) is 0 Å². The van der Waals surface area contributed by atoms with Crippen molar-refractivity contribution < 1.29 is 0 Å². The highest BCUT2D eigenvalue weighted by Gasteiger charge is 2.39. The minimum Gasteiger partial charge on any atom is -0.373 e. The molecule has 7 aromatic rings. The van der Waals surface area contributed by atoms with Gasteiger partial charge in [0.2, 0.25) is 0 Å². The Morgan fingerprint density at radius 1 is 0.680 bits per heavy atom. The number of aromatic nitrogens is 3. The van der Waals surface area contributed by atoms with E-state index < -0.39 is 5.54 Å². The molecular formula is C45H39ClN4. The van der Waals surface area contributed by atoms with Crippen molar-refractivity contribution in [1.29, 1.82) is 0 Å². The van der Waals surface area contributed by atoms with Crippen LogP contribution in [0.25, 0.3) is 16.8 Å². The summed E-state index contributed by atoms with van der Waals surface area (Å²) in [7, 11) is 2.12. The molecule has 0 amide bonds. The number of halogens is 1. The van der Waals surface area contributed by atoms with Gasteiger partial charge in [-0.1, -0.05) is 151 Å². The number of pyridine rings is 1. The number of aryl methyl sites for hydroxylation is 1. The summed E-state index contributed by atoms with van der Waals surface area (Å²) in [6.07, 6.45) is 6.32. The molecule has 0 radical (unpaired) electrons. The number of nitrogens with zero attached hydrogens (tertiary/aromatic N) is 4. The van der Waals surface area contributed by atoms with Gasteiger partial charge in [0, 0.05) is 47.4 Å². The third-order valence-electron chi connectivity index (χ3n) is 9.55. The summed E-state index contributed by atoms with van der Waals surface area (Å²) < 4.78 is 2.12. The largest absolute Gasteiger partial charge is 0.373 e. The zero-order valence-electron chi connectivity index (χ0n) is 28.5. The molecule has 0 fully saturated rings. The number of benzene rings is 5. The molecule has 0 unspecified atom stereocenters. The first-order valence-electron chi connectivity index (χ1n) is 16.9. The Bertz CT molecular complexity index is 2080. The predicted molar refractivity (Wildman–Crippen MR) is 206 cm³/mol. The lowest BCUT2D eigenvalue weighted by Gasteiger charge is -2.36. The number of rotatable bonds is 10. The van der Waals surface area contributed by atoms with E-state index in [0.717, 1.165) is 50.3 Å². The summed E-state index contributed by atoms with van der Waals surface area (Å²) >= 11 is 6.30. The average molecular weight is 671 g/mol. The fourth-order valence-electron chi connectivity index (χ4n) is 6.76. The molecule has 0 aliphatic heterocycles. The van der Waals surface area contributed by atoms with Crippen molar-refractivity contribution in [1.82, 2.24) is 19.7 Å². The standard InChI is InChI=1S/C45H39ClN4/c1-33-42(32-50(48-33)45(38-18-10-5-11-19-38,39-20-12-6-13-21-39)40-22-14-7-15-23-40)44-29-26-37(30-47-44)43(36-24-27-41(46)28-25-36)31-49(3)34(2)35-16-8-4-9-17-35/h4-32,34H,1-3H3/b43-31-/t34-/m0/s1. The third kappa shape index (κ3) is 6.38. The van der Waals surface area contributed by atoms with E-state index >= 15 is 0 Å². The fraction of sp³-hybridized carbons (Fsp3) is 0.111. The molecule has 50 heavy (non-hydrogen) atoms. The van der Waals surface area contributed by atoms with Crippen LogP contribution in [0.2, 0.25) is 5.02 Å². The predicted octanol–water partition coefficient (Wildman–Crippen LogP) is 10.8. The molecule has 0 saturated heterocycles. The number of hydrogen-bond acceptors (Lipinski definition) is 3. The third-order valence-corrected chi connectivity index (χ3v) is 9.80. The molecule has 0 spiro atoms. The van der Waals surface area contributed by atoms with E-state index in [9.17, 15) is 0 Å². The molecule has 7 rings (SSSR count). The van der Waals surface area contributed by atoms with Crippen molar-refractivity contribution in [2.45, 2.75) is 25.4 Å². The van der Waals surface area contributed by atoms with Gasteiger partial charge >= 0.3 is 0 Å². The Balaban J connectivity index is 1.32. The van der Waals surface area contributed by atoms with E-state index in [0.29, 0.717) is 5.02 Å². The SMILES string of the molecule is Cc1nn(C(c2ccccc2)(c2ccccc2)c2ccccc2)cc1-c1ccc(/C(=C\N(C)[C@@H](C)c2ccccc2)c2ccc(Cl)cc2)cn1. The average Bonchev–Trinajstić information content (AvgIpc) is 3.57. The summed E-state index contributed by atoms with van der Waals surface area (Å²) in [6.45, 7) is 4.28. The van der Waals surface area contributed by atoms with Crippen LogP contribution in [-0.2, 0) is 5.54 Å². The van der Waals surface area contributed by atoms with Gasteiger partial charge in [0.25, 0.3) is 0 Å². The minimum absolute atomic E-state index is 0.179. The Morgan fingerprint density at radius 3 is 1.68 bits per heavy atom. The Kier molecular flexibility index (Phi) is 9.46. The van der Waals surface area contributed by atoms with Crippen LogP contribution in [-0.4, -0.2) is 26.7 Å². The molecule has 0 bridgehead atoms. The first-order valence-corrected chi connectivity index (χ1v) is 17.3. The van der Waals surface area contributed by atoms with E-state index in [1.165, 1.54) is 5.56 Å². The molecule has 4 nitrogen and oxygen atoms in total. The van der Waals surface area contributed by atoms with Crippen molar-refractivity contribution in [2.24, 2.45) is 0 Å². The van der Waals surface area contributed by atoms with Gasteiger partial charge in [0.15, 0.2) is 0 Å². The Hall–Kier alpha value is -5.71. The van der Waals surface area contributed by atoms with E-state index in [-0.39, 0.29) is 6.04 Å². The van der Waals surface area contributed by atoms with Crippen LogP contribution >= 0.6 is 11.6 Å². The molecule has 0 aliphatic carbocycles. The molecule has 2 heterocycles. The van der Waals surface area contributed by atoms with Gasteiger partial charge in [-0.05, 0) is 59.9 Å². The summed E-state index contributed by atoms with van der Waals surface area (Å²) in [5, 5.41) is 5.94. The molecular weight excluding hydrogens is 632 g/mol. The molecule has 0 saturated carbocycles. The first-order chi connectivity index (χ1) is 24.4. The van der Waals surface area contributed by atoms with Crippen LogP contribution in [0.4, 0.5) is 0 Å². The van der Waals surface area contributed by atoms with Crippen molar-refractivity contribution in [3.63, 3.8) is 0 Å². The smallest absolute Gasteiger partial charge is 0.138 e. The molecule has 0 N–H and O–H groups in total. The van der Waals surface area contributed by atoms with Gasteiger partial charge in [0.05, 0.1) is 17.4 Å². The van der Waals surface area contributed by atoms with Gasteiger partial charge in [-0.15, -0.1) is 0 Å². The molecule has 5 aromatic carbocycles. The van der Waals surface area contributed by atoms with Crippen LogP contribution in [0, 0.1) is 6.92 Å². The highest BCUT2D eigenvalue weighted by Crippen LogP contribution is 2.41. The van der Waals surface area contributed by atoms with E-state index in [1.54, 1.807) is 0 Å². The molecule has 2 aromatic heterocycles. The second kappa shape index (κ2) is 14.4. The van der Waals surface area contributed by atoms with Crippen LogP contribution in [0.3, 0.4) is 0 Å². The maximum Gasteiger partial charge on any atom is 0.138 e. The van der Waals surface area contributed by atoms with Crippen molar-refractivity contribution in [3.05, 3.63) is 220 Å². The van der Waals surface area contributed by atoms with Gasteiger partial charge in [0.1, 0.15) is 5.54 Å². The summed E-state index contributed by atoms with van der Waals surface area (Å²) in [5.41, 5.74) is 9.83. The monoisotopic (exact) mass is 670 g/mol. The molecule has 1 atom stereocenters. The molecule has 0 aliphatic rings. The van der Waals surface area contributed by atoms with E-state index in [1.807, 2.05) is 18.3 Å². The second-order valence-corrected chi connectivity index (χ2v) is 13.1. The number of hydrogen-bond donors (Lipinski definition) is 0. The summed E-state index contributed by atoms with van der Waals surface area (Å²) in [5.74, 6) is 0. The van der Waals surface area contributed by atoms with Gasteiger partial charge in [-0.2, -0.15) is 5.10 Å². The first kappa shape index (κ1) is 32.8. The van der Waals surface area contributed by atoms with Crippen LogP contribution in [0.15, 0.2) is 176 Å². The Morgan fingerprint density at radius 2 is 1.18 bits per heavy atom. The Labute approximate surface area is 300 Å². The van der Waals surface area contributed by atoms with E-state index in [2.05, 4.69) is 188 Å². The maximum absolute atomic E-state index is 6.30. The quantitative estimate of drug-likeness (QED) is 0.136. The van der Waals surface area contributed by atoms with Crippen LogP contribution in [0.1, 0.15) is 52.0 Å². The van der Waals surface area contributed by atoms with Crippen molar-refractivity contribution >= 4 is 17.2 Å². The topological polar surface area (TPSA) is 34.0 Å². The van der Waals surface area contributed by atoms with Crippen LogP contribution < -0.4 is 0 Å². The normalized spacial score (nSPS) is 12.4. The second-order valence-electron chi connectivity index (χ2n) is 12.6. The molecule has 5 heteroatoms. The van der Waals surface area contributed by atoms with E-state index in [4.69, 9.17) is 21.7 Å². The fourth-order valence-corrected chi connectivity index (χ4v) is 6.88. The summed E-state index contributed by atoms with van der Waals surface area (Å²) in [4.78, 5) is 7.31. The zero-order valence-corrected chi connectivity index (χ0v) is 29.2. The minimum atomic E-state index is -0.697. The zero-order chi connectivity index (χ0) is 34.5. The molecule has 246 valence electrons. The highest BCUT2D eigenvalue weighted by atomic mass is 35.5. The maximum atomic E-state index is 6.30. The summed E-state index contributed by atoms with van der Waals surface area (Å²) in [6, 6.07) is 54.8. The van der Waals surface area contributed by atoms with Crippen molar-refractivity contribution in [2.75, 3.05) is 7.05 Å². The lowest BCUT2D eigenvalue weighted by molar-refractivity contribution is 0.362. The van der Waals surface area contributed by atoms with Gasteiger partial charge < -0.3 is 4.90 Å².